The minimum atomic E-state index is -0.329. The van der Waals surface area contributed by atoms with Crippen molar-refractivity contribution >= 4 is 5.97 Å². The van der Waals surface area contributed by atoms with Gasteiger partial charge in [-0.2, -0.15) is 0 Å². The normalized spacial score (nSPS) is 16.0. The first-order valence-electron chi connectivity index (χ1n) is 7.23. The summed E-state index contributed by atoms with van der Waals surface area (Å²) in [6.45, 7) is 1.65. The Morgan fingerprint density at radius 1 is 1.05 bits per heavy atom. The van der Waals surface area contributed by atoms with E-state index in [0.29, 0.717) is 0 Å². The summed E-state index contributed by atoms with van der Waals surface area (Å²) in [4.78, 5) is 14.5. The Morgan fingerprint density at radius 3 is 2.43 bits per heavy atom. The van der Waals surface area contributed by atoms with Crippen molar-refractivity contribution in [3.8, 4) is 0 Å². The molecule has 3 rings (SSSR count). The van der Waals surface area contributed by atoms with E-state index in [4.69, 9.17) is 4.74 Å². The molecule has 0 bridgehead atoms. The largest absolute Gasteiger partial charge is 0.468 e. The molecule has 1 aliphatic rings. The van der Waals surface area contributed by atoms with Crippen molar-refractivity contribution in [2.75, 3.05) is 13.7 Å². The zero-order valence-electron chi connectivity index (χ0n) is 12.2. The maximum Gasteiger partial charge on any atom is 0.327 e. The second-order valence-electron chi connectivity index (χ2n) is 5.33. The summed E-state index contributed by atoms with van der Waals surface area (Å²) in [5.74, 6) is -0.194. The fourth-order valence-electron chi connectivity index (χ4n) is 2.98. The molecule has 0 amide bonds. The molecule has 1 heterocycles. The van der Waals surface area contributed by atoms with Gasteiger partial charge in [0.15, 0.2) is 0 Å². The summed E-state index contributed by atoms with van der Waals surface area (Å²) in [7, 11) is 1.45. The summed E-state index contributed by atoms with van der Waals surface area (Å²) in [6, 6.07) is 18.0. The van der Waals surface area contributed by atoms with E-state index in [1.807, 2.05) is 30.3 Å². The number of benzene rings is 2. The Morgan fingerprint density at radius 2 is 1.71 bits per heavy atom. The maximum atomic E-state index is 12.3. The van der Waals surface area contributed by atoms with E-state index in [9.17, 15) is 4.79 Å². The highest BCUT2D eigenvalue weighted by molar-refractivity contribution is 5.77. The molecule has 0 N–H and O–H groups in total. The smallest absolute Gasteiger partial charge is 0.327 e. The Labute approximate surface area is 125 Å². The lowest BCUT2D eigenvalue weighted by molar-refractivity contribution is -0.147. The monoisotopic (exact) mass is 281 g/mol. The molecule has 0 saturated carbocycles. The molecule has 1 unspecified atom stereocenters. The summed E-state index contributed by atoms with van der Waals surface area (Å²) in [5.41, 5.74) is 3.67. The molecule has 3 nitrogen and oxygen atoms in total. The van der Waals surface area contributed by atoms with Crippen LogP contribution in [0, 0.1) is 0 Å². The van der Waals surface area contributed by atoms with Gasteiger partial charge >= 0.3 is 5.97 Å². The van der Waals surface area contributed by atoms with E-state index in [1.54, 1.807) is 0 Å². The number of rotatable bonds is 3. The quantitative estimate of drug-likeness (QED) is 0.810. The Balaban J connectivity index is 1.90. The number of fused-ring (bicyclic) bond motifs is 1. The lowest BCUT2D eigenvalue weighted by Crippen LogP contribution is -2.38. The molecule has 21 heavy (non-hydrogen) atoms. The molecule has 0 spiro atoms. The third-order valence-electron chi connectivity index (χ3n) is 4.07. The van der Waals surface area contributed by atoms with Gasteiger partial charge in [-0.05, 0) is 23.1 Å². The summed E-state index contributed by atoms with van der Waals surface area (Å²) < 4.78 is 5.03. The first-order chi connectivity index (χ1) is 10.3. The number of hydrogen-bond acceptors (Lipinski definition) is 3. The second kappa shape index (κ2) is 6.10. The van der Waals surface area contributed by atoms with E-state index in [-0.39, 0.29) is 12.0 Å². The molecule has 0 radical (unpaired) electrons. The Hall–Kier alpha value is -2.13. The van der Waals surface area contributed by atoms with Gasteiger partial charge in [-0.1, -0.05) is 54.6 Å². The molecule has 2 aromatic rings. The van der Waals surface area contributed by atoms with E-state index < -0.39 is 0 Å². The van der Waals surface area contributed by atoms with Crippen LogP contribution < -0.4 is 0 Å². The van der Waals surface area contributed by atoms with E-state index in [1.165, 1.54) is 18.2 Å². The lowest BCUT2D eigenvalue weighted by Gasteiger charge is -2.34. The number of hydrogen-bond donors (Lipinski definition) is 0. The molecule has 1 aliphatic heterocycles. The van der Waals surface area contributed by atoms with Gasteiger partial charge in [-0.25, -0.2) is 4.79 Å². The fraction of sp³-hybridized carbons (Fsp3) is 0.278. The molecule has 0 fully saturated rings. The van der Waals surface area contributed by atoms with E-state index >= 15 is 0 Å². The number of nitrogens with zero attached hydrogens (tertiary/aromatic N) is 1. The molecular formula is C18H19NO2. The van der Waals surface area contributed by atoms with Crippen LogP contribution in [0.2, 0.25) is 0 Å². The predicted octanol–water partition coefficient (Wildman–Crippen LogP) is 2.96. The van der Waals surface area contributed by atoms with Crippen LogP contribution in [0.15, 0.2) is 54.6 Å². The first-order valence-corrected chi connectivity index (χ1v) is 7.23. The topological polar surface area (TPSA) is 29.5 Å². The fourth-order valence-corrected chi connectivity index (χ4v) is 2.98. The van der Waals surface area contributed by atoms with Crippen LogP contribution in [0.1, 0.15) is 22.7 Å². The predicted molar refractivity (Wildman–Crippen MR) is 81.8 cm³/mol. The van der Waals surface area contributed by atoms with Gasteiger partial charge in [0.1, 0.15) is 6.04 Å². The summed E-state index contributed by atoms with van der Waals surface area (Å²) >= 11 is 0. The van der Waals surface area contributed by atoms with Crippen LogP contribution >= 0.6 is 0 Å². The Kier molecular flexibility index (Phi) is 4.02. The summed E-state index contributed by atoms with van der Waals surface area (Å²) in [5, 5.41) is 0. The molecule has 3 heteroatoms. The van der Waals surface area contributed by atoms with Crippen LogP contribution in [0.3, 0.4) is 0 Å². The van der Waals surface area contributed by atoms with Gasteiger partial charge in [-0.15, -0.1) is 0 Å². The third kappa shape index (κ3) is 2.83. The molecule has 0 aromatic heterocycles. The molecule has 0 aliphatic carbocycles. The number of esters is 1. The van der Waals surface area contributed by atoms with Gasteiger partial charge in [0.25, 0.3) is 0 Å². The standard InChI is InChI=1S/C18H19NO2/c1-21-18(20)17(15-8-3-2-4-9-15)19-12-11-14-7-5-6-10-16(14)13-19/h2-10,17H,11-13H2,1H3. The number of ether oxygens (including phenoxy) is 1. The van der Waals surface area contributed by atoms with Crippen molar-refractivity contribution in [3.05, 3.63) is 71.3 Å². The molecule has 2 aromatic carbocycles. The zero-order chi connectivity index (χ0) is 14.7. The minimum absolute atomic E-state index is 0.194. The highest BCUT2D eigenvalue weighted by atomic mass is 16.5. The molecule has 0 saturated heterocycles. The van der Waals surface area contributed by atoms with Gasteiger partial charge in [0, 0.05) is 13.1 Å². The third-order valence-corrected chi connectivity index (χ3v) is 4.07. The highest BCUT2D eigenvalue weighted by Crippen LogP contribution is 2.28. The number of methoxy groups -OCH3 is 1. The van der Waals surface area contributed by atoms with Gasteiger partial charge in [0.05, 0.1) is 7.11 Å². The van der Waals surface area contributed by atoms with E-state index in [0.717, 1.165) is 25.1 Å². The van der Waals surface area contributed by atoms with Crippen molar-refractivity contribution in [1.82, 2.24) is 4.90 Å². The average Bonchev–Trinajstić information content (AvgIpc) is 2.56. The van der Waals surface area contributed by atoms with E-state index in [2.05, 4.69) is 29.2 Å². The van der Waals surface area contributed by atoms with Crippen molar-refractivity contribution in [2.45, 2.75) is 19.0 Å². The zero-order valence-corrected chi connectivity index (χ0v) is 12.2. The summed E-state index contributed by atoms with van der Waals surface area (Å²) in [6.07, 6.45) is 0.969. The average molecular weight is 281 g/mol. The number of carbonyl (C=O) groups excluding carboxylic acids is 1. The van der Waals surface area contributed by atoms with Crippen molar-refractivity contribution in [3.63, 3.8) is 0 Å². The van der Waals surface area contributed by atoms with Crippen molar-refractivity contribution in [2.24, 2.45) is 0 Å². The van der Waals surface area contributed by atoms with Gasteiger partial charge in [-0.3, -0.25) is 4.90 Å². The van der Waals surface area contributed by atoms with Crippen LogP contribution in [-0.4, -0.2) is 24.5 Å². The maximum absolute atomic E-state index is 12.3. The van der Waals surface area contributed by atoms with Crippen LogP contribution in [0.25, 0.3) is 0 Å². The van der Waals surface area contributed by atoms with Crippen LogP contribution in [0.4, 0.5) is 0 Å². The molecular weight excluding hydrogens is 262 g/mol. The van der Waals surface area contributed by atoms with Crippen LogP contribution in [0.5, 0.6) is 0 Å². The minimum Gasteiger partial charge on any atom is -0.468 e. The first kappa shape index (κ1) is 13.8. The van der Waals surface area contributed by atoms with Gasteiger partial charge < -0.3 is 4.74 Å². The Bertz CT molecular complexity index is 624. The lowest BCUT2D eigenvalue weighted by atomic mass is 9.96. The second-order valence-corrected chi connectivity index (χ2v) is 5.33. The van der Waals surface area contributed by atoms with Gasteiger partial charge in [0.2, 0.25) is 0 Å². The molecule has 108 valence electrons. The number of carbonyl (C=O) groups is 1. The molecule has 1 atom stereocenters. The SMILES string of the molecule is COC(=O)C(c1ccccc1)N1CCc2ccccc2C1. The highest BCUT2D eigenvalue weighted by Gasteiger charge is 2.30. The van der Waals surface area contributed by atoms with Crippen molar-refractivity contribution < 1.29 is 9.53 Å². The van der Waals surface area contributed by atoms with Crippen LogP contribution in [-0.2, 0) is 22.5 Å². The van der Waals surface area contributed by atoms with Crippen molar-refractivity contribution in [1.29, 1.82) is 0 Å².